The van der Waals surface area contributed by atoms with Gasteiger partial charge < -0.3 is 0 Å². The van der Waals surface area contributed by atoms with Crippen LogP contribution in [0.2, 0.25) is 0 Å². The number of pyridine rings is 3. The zero-order valence-electron chi connectivity index (χ0n) is 14.8. The average molecular weight is 370 g/mol. The van der Waals surface area contributed by atoms with Crippen molar-refractivity contribution in [3.63, 3.8) is 0 Å². The first-order valence-electron chi connectivity index (χ1n) is 8.63. The molecule has 0 saturated heterocycles. The fourth-order valence-electron chi connectivity index (χ4n) is 3.48. The van der Waals surface area contributed by atoms with Crippen LogP contribution in [0.1, 0.15) is 5.69 Å². The van der Waals surface area contributed by atoms with Crippen LogP contribution in [0.4, 0.5) is 0 Å². The molecule has 0 unspecified atom stereocenters. The Balaban J connectivity index is 1.90. The second-order valence-electron chi connectivity index (χ2n) is 6.37. The minimum atomic E-state index is -0.310. The van der Waals surface area contributed by atoms with Gasteiger partial charge in [0.25, 0.3) is 11.1 Å². The number of fused-ring (bicyclic) bond motifs is 3. The third kappa shape index (κ3) is 2.28. The third-order valence-corrected chi connectivity index (χ3v) is 4.75. The van der Waals surface area contributed by atoms with Gasteiger partial charge in [-0.2, -0.15) is 10.1 Å². The second kappa shape index (κ2) is 5.98. The van der Waals surface area contributed by atoms with Crippen molar-refractivity contribution in [2.75, 3.05) is 0 Å². The molecule has 0 saturated carbocycles. The maximum atomic E-state index is 13.3. The highest BCUT2D eigenvalue weighted by molar-refractivity contribution is 6.05. The Hall–Kier alpha value is -4.07. The first-order valence-corrected chi connectivity index (χ1v) is 8.63. The summed E-state index contributed by atoms with van der Waals surface area (Å²) in [5.74, 6) is 0.307. The van der Waals surface area contributed by atoms with E-state index in [1.807, 2.05) is 30.3 Å². The van der Waals surface area contributed by atoms with E-state index in [0.29, 0.717) is 33.3 Å². The van der Waals surface area contributed by atoms with Gasteiger partial charge in [-0.05, 0) is 31.2 Å². The van der Waals surface area contributed by atoms with Crippen molar-refractivity contribution in [1.82, 2.24) is 29.3 Å². The molecule has 4 heterocycles. The molecule has 1 N–H and O–H groups in total. The van der Waals surface area contributed by atoms with E-state index in [1.165, 1.54) is 10.9 Å². The monoisotopic (exact) mass is 370 g/mol. The zero-order valence-corrected chi connectivity index (χ0v) is 14.8. The molecule has 0 bridgehead atoms. The summed E-state index contributed by atoms with van der Waals surface area (Å²) in [5.41, 5.74) is 1.32. The lowest BCUT2D eigenvalue weighted by atomic mass is 10.1. The number of nitrogens with one attached hydrogen (secondary N) is 1. The van der Waals surface area contributed by atoms with Crippen molar-refractivity contribution in [2.24, 2.45) is 0 Å². The number of para-hydroxylation sites is 1. The first-order chi connectivity index (χ1) is 13.6. The molecule has 28 heavy (non-hydrogen) atoms. The van der Waals surface area contributed by atoms with Crippen LogP contribution >= 0.6 is 0 Å². The Labute approximate surface area is 157 Å². The molecule has 8 nitrogen and oxygen atoms in total. The van der Waals surface area contributed by atoms with Gasteiger partial charge in [-0.15, -0.1) is 0 Å². The van der Waals surface area contributed by atoms with Crippen LogP contribution in [0.5, 0.6) is 0 Å². The van der Waals surface area contributed by atoms with E-state index in [-0.39, 0.29) is 11.1 Å². The van der Waals surface area contributed by atoms with Crippen LogP contribution < -0.4 is 11.1 Å². The topological polar surface area (TPSA) is 98.5 Å². The molecule has 5 aromatic rings. The summed E-state index contributed by atoms with van der Waals surface area (Å²) in [5, 5.41) is 7.82. The molecule has 0 radical (unpaired) electrons. The smallest absolute Gasteiger partial charge is 0.267 e. The van der Waals surface area contributed by atoms with Gasteiger partial charge in [0.05, 0.1) is 22.0 Å². The van der Waals surface area contributed by atoms with E-state index in [9.17, 15) is 9.59 Å². The summed E-state index contributed by atoms with van der Waals surface area (Å²) in [4.78, 5) is 34.9. The lowest BCUT2D eigenvalue weighted by Crippen LogP contribution is -2.22. The molecule has 8 heteroatoms. The lowest BCUT2D eigenvalue weighted by Gasteiger charge is -2.11. The summed E-state index contributed by atoms with van der Waals surface area (Å²) < 4.78 is 2.91. The number of H-pyrrole nitrogens is 1. The summed E-state index contributed by atoms with van der Waals surface area (Å²) in [6.07, 6.45) is 4.62. The number of aryl methyl sites for hydroxylation is 1. The Bertz CT molecular complexity index is 1450. The normalized spacial score (nSPS) is 11.3. The molecule has 0 aliphatic heterocycles. The zero-order chi connectivity index (χ0) is 19.3. The fourth-order valence-corrected chi connectivity index (χ4v) is 3.48. The summed E-state index contributed by atoms with van der Waals surface area (Å²) in [6, 6.07) is 12.9. The van der Waals surface area contributed by atoms with Gasteiger partial charge in [0.2, 0.25) is 5.95 Å². The van der Waals surface area contributed by atoms with E-state index >= 15 is 0 Å². The predicted octanol–water partition coefficient (Wildman–Crippen LogP) is 2.12. The van der Waals surface area contributed by atoms with Crippen molar-refractivity contribution >= 4 is 21.7 Å². The number of hydrogen-bond donors (Lipinski definition) is 1. The van der Waals surface area contributed by atoms with Crippen molar-refractivity contribution in [1.29, 1.82) is 0 Å². The van der Waals surface area contributed by atoms with Gasteiger partial charge in [-0.3, -0.25) is 23.7 Å². The maximum Gasteiger partial charge on any atom is 0.267 e. The van der Waals surface area contributed by atoms with Gasteiger partial charge in [0.1, 0.15) is 6.33 Å². The number of hydrogen-bond acceptors (Lipinski definition) is 5. The predicted molar refractivity (Wildman–Crippen MR) is 105 cm³/mol. The Morgan fingerprint density at radius 2 is 1.64 bits per heavy atom. The molecule has 4 aromatic heterocycles. The number of benzene rings is 1. The second-order valence-corrected chi connectivity index (χ2v) is 6.37. The lowest BCUT2D eigenvalue weighted by molar-refractivity contribution is 0.901. The molecule has 5 rings (SSSR count). The van der Waals surface area contributed by atoms with E-state index in [1.54, 1.807) is 36.0 Å². The summed E-state index contributed by atoms with van der Waals surface area (Å²) >= 11 is 0. The van der Waals surface area contributed by atoms with Crippen LogP contribution in [0.15, 0.2) is 70.8 Å². The molecular formula is C20H14N6O2. The van der Waals surface area contributed by atoms with Crippen molar-refractivity contribution in [3.8, 4) is 11.6 Å². The molecule has 0 fully saturated rings. The van der Waals surface area contributed by atoms with Gasteiger partial charge in [-0.1, -0.05) is 18.2 Å². The maximum absolute atomic E-state index is 13.3. The van der Waals surface area contributed by atoms with Gasteiger partial charge in [0.15, 0.2) is 0 Å². The van der Waals surface area contributed by atoms with Crippen LogP contribution in [0.25, 0.3) is 33.3 Å². The van der Waals surface area contributed by atoms with Crippen molar-refractivity contribution < 1.29 is 0 Å². The molecule has 136 valence electrons. The Kier molecular flexibility index (Phi) is 3.45. The molecule has 0 atom stereocenters. The van der Waals surface area contributed by atoms with Gasteiger partial charge in [0, 0.05) is 23.5 Å². The quantitative estimate of drug-likeness (QED) is 0.480. The minimum Gasteiger partial charge on any atom is -0.284 e. The third-order valence-electron chi connectivity index (χ3n) is 4.75. The number of aromatic nitrogens is 6. The van der Waals surface area contributed by atoms with E-state index < -0.39 is 0 Å². The first kappa shape index (κ1) is 16.1. The molecule has 0 aliphatic carbocycles. The van der Waals surface area contributed by atoms with Crippen LogP contribution in [0.3, 0.4) is 0 Å². The molecule has 0 amide bonds. The summed E-state index contributed by atoms with van der Waals surface area (Å²) in [6.45, 7) is 1.76. The highest BCUT2D eigenvalue weighted by Gasteiger charge is 2.16. The van der Waals surface area contributed by atoms with Gasteiger partial charge in [-0.25, -0.2) is 5.10 Å². The highest BCUT2D eigenvalue weighted by atomic mass is 16.1. The average Bonchev–Trinajstić information content (AvgIpc) is 3.23. The number of rotatable bonds is 2. The van der Waals surface area contributed by atoms with Gasteiger partial charge >= 0.3 is 0 Å². The van der Waals surface area contributed by atoms with Crippen molar-refractivity contribution in [3.05, 3.63) is 87.6 Å². The van der Waals surface area contributed by atoms with E-state index in [4.69, 9.17) is 0 Å². The molecular weight excluding hydrogens is 356 g/mol. The standard InChI is InChI=1S/C20H14N6O2/c1-12-16-14(7-9-26(18(16)27)20-21-11-22-24-20)17-15(23-12)8-10-25(19(17)28)13-5-3-2-4-6-13/h2-11H,1H3,(H,21,22,24). The van der Waals surface area contributed by atoms with E-state index in [0.717, 1.165) is 5.69 Å². The minimum absolute atomic E-state index is 0.224. The fraction of sp³-hybridized carbons (Fsp3) is 0.0500. The number of nitrogens with zero attached hydrogens (tertiary/aromatic N) is 5. The Morgan fingerprint density at radius 1 is 0.893 bits per heavy atom. The van der Waals surface area contributed by atoms with E-state index in [2.05, 4.69) is 20.2 Å². The SMILES string of the molecule is Cc1nc2ccn(-c3ccccc3)c(=O)c2c2ccn(-c3ncn[nH]3)c(=O)c12. The highest BCUT2D eigenvalue weighted by Crippen LogP contribution is 2.22. The summed E-state index contributed by atoms with van der Waals surface area (Å²) in [7, 11) is 0. The molecule has 1 aromatic carbocycles. The molecule has 0 spiro atoms. The number of aromatic amines is 1. The van der Waals surface area contributed by atoms with Crippen LogP contribution in [-0.2, 0) is 0 Å². The molecule has 0 aliphatic rings. The van der Waals surface area contributed by atoms with Crippen LogP contribution in [0, 0.1) is 6.92 Å². The van der Waals surface area contributed by atoms with Crippen LogP contribution in [-0.4, -0.2) is 29.3 Å². The largest absolute Gasteiger partial charge is 0.284 e. The van der Waals surface area contributed by atoms with Crippen molar-refractivity contribution in [2.45, 2.75) is 6.92 Å². The Morgan fingerprint density at radius 3 is 2.39 bits per heavy atom.